The van der Waals surface area contributed by atoms with Crippen LogP contribution in [0.5, 0.6) is 0 Å². The number of nitrogens with one attached hydrogen (secondary N) is 2. The van der Waals surface area contributed by atoms with E-state index in [0.717, 1.165) is 0 Å². The Balaban J connectivity index is 2.45. The molecular formula is C14H16Cl2N2O4. The topological polar surface area (TPSA) is 84.5 Å². The zero-order valence-electron chi connectivity index (χ0n) is 12.1. The van der Waals surface area contributed by atoms with Gasteiger partial charge in [-0.1, -0.05) is 37.0 Å². The summed E-state index contributed by atoms with van der Waals surface area (Å²) in [6, 6.07) is 3.65. The van der Waals surface area contributed by atoms with Gasteiger partial charge >= 0.3 is 12.0 Å². The molecule has 0 saturated carbocycles. The number of hydrogen-bond donors (Lipinski definition) is 2. The second-order valence-corrected chi connectivity index (χ2v) is 5.70. The highest BCUT2D eigenvalue weighted by atomic mass is 35.5. The summed E-state index contributed by atoms with van der Waals surface area (Å²) in [5.74, 6) is -1.29. The summed E-state index contributed by atoms with van der Waals surface area (Å²) in [5.41, 5.74) is 0.0474. The summed E-state index contributed by atoms with van der Waals surface area (Å²) in [6.45, 7) is 3.66. The largest absolute Gasteiger partial charge is 0.452 e. The van der Waals surface area contributed by atoms with Crippen molar-refractivity contribution in [2.24, 2.45) is 5.92 Å². The fraction of sp³-hybridized carbons (Fsp3) is 0.357. The van der Waals surface area contributed by atoms with E-state index in [1.54, 1.807) is 0 Å². The Hall–Kier alpha value is -1.79. The smallest absolute Gasteiger partial charge is 0.340 e. The van der Waals surface area contributed by atoms with Crippen LogP contribution in [0.15, 0.2) is 18.2 Å². The van der Waals surface area contributed by atoms with Gasteiger partial charge < -0.3 is 10.1 Å². The Morgan fingerprint density at radius 2 is 1.91 bits per heavy atom. The number of urea groups is 1. The molecule has 0 aliphatic rings. The van der Waals surface area contributed by atoms with E-state index >= 15 is 0 Å². The lowest BCUT2D eigenvalue weighted by Gasteiger charge is -2.09. The third-order valence-electron chi connectivity index (χ3n) is 2.41. The van der Waals surface area contributed by atoms with Gasteiger partial charge in [0, 0.05) is 11.6 Å². The minimum Gasteiger partial charge on any atom is -0.452 e. The van der Waals surface area contributed by atoms with E-state index in [0.29, 0.717) is 11.6 Å². The molecule has 1 aromatic carbocycles. The van der Waals surface area contributed by atoms with E-state index in [-0.39, 0.29) is 16.5 Å². The molecule has 0 bridgehead atoms. The molecule has 0 spiro atoms. The van der Waals surface area contributed by atoms with Gasteiger partial charge in [-0.25, -0.2) is 9.59 Å². The first-order chi connectivity index (χ1) is 10.3. The molecule has 2 N–H and O–H groups in total. The van der Waals surface area contributed by atoms with Crippen LogP contribution in [0.25, 0.3) is 0 Å². The number of hydrogen-bond acceptors (Lipinski definition) is 4. The minimum atomic E-state index is -0.801. The van der Waals surface area contributed by atoms with Gasteiger partial charge in [0.2, 0.25) is 0 Å². The predicted molar refractivity (Wildman–Crippen MR) is 83.1 cm³/mol. The molecule has 0 heterocycles. The van der Waals surface area contributed by atoms with E-state index < -0.39 is 24.5 Å². The lowest BCUT2D eigenvalue weighted by atomic mass is 10.2. The maximum atomic E-state index is 11.8. The van der Waals surface area contributed by atoms with E-state index in [2.05, 4.69) is 5.32 Å². The Morgan fingerprint density at radius 1 is 1.23 bits per heavy atom. The molecule has 0 unspecified atom stereocenters. The van der Waals surface area contributed by atoms with Crippen molar-refractivity contribution in [3.8, 4) is 0 Å². The highest BCUT2D eigenvalue weighted by Crippen LogP contribution is 2.21. The van der Waals surface area contributed by atoms with Crippen molar-refractivity contribution in [3.05, 3.63) is 33.8 Å². The summed E-state index contributed by atoms with van der Waals surface area (Å²) in [5, 5.41) is 5.01. The number of imide groups is 1. The summed E-state index contributed by atoms with van der Waals surface area (Å²) in [7, 11) is 0. The average Bonchev–Trinajstić information content (AvgIpc) is 2.45. The van der Waals surface area contributed by atoms with E-state index in [4.69, 9.17) is 27.9 Å². The zero-order chi connectivity index (χ0) is 16.7. The molecule has 120 valence electrons. The fourth-order valence-electron chi connectivity index (χ4n) is 1.37. The summed E-state index contributed by atoms with van der Waals surface area (Å²) >= 11 is 11.6. The molecule has 0 aromatic heterocycles. The SMILES string of the molecule is CC(C)CNC(=O)NC(=O)COC(=O)c1cc(Cl)ccc1Cl. The van der Waals surface area contributed by atoms with Crippen LogP contribution >= 0.6 is 23.2 Å². The van der Waals surface area contributed by atoms with Crippen molar-refractivity contribution in [2.75, 3.05) is 13.2 Å². The second-order valence-electron chi connectivity index (χ2n) is 4.85. The Morgan fingerprint density at radius 3 is 2.55 bits per heavy atom. The van der Waals surface area contributed by atoms with Gasteiger partial charge in [0.15, 0.2) is 6.61 Å². The zero-order valence-corrected chi connectivity index (χ0v) is 13.6. The quantitative estimate of drug-likeness (QED) is 0.802. The van der Waals surface area contributed by atoms with Gasteiger partial charge in [-0.15, -0.1) is 0 Å². The van der Waals surface area contributed by atoms with Gasteiger partial charge in [-0.2, -0.15) is 0 Å². The summed E-state index contributed by atoms with van der Waals surface area (Å²) in [4.78, 5) is 34.6. The number of carbonyl (C=O) groups excluding carboxylic acids is 3. The molecule has 0 aliphatic heterocycles. The molecular weight excluding hydrogens is 331 g/mol. The van der Waals surface area contributed by atoms with Crippen LogP contribution in [-0.2, 0) is 9.53 Å². The van der Waals surface area contributed by atoms with Gasteiger partial charge in [0.25, 0.3) is 5.91 Å². The number of halogens is 2. The summed E-state index contributed by atoms with van der Waals surface area (Å²) < 4.78 is 4.78. The molecule has 6 nitrogen and oxygen atoms in total. The van der Waals surface area contributed by atoms with Crippen LogP contribution in [0.2, 0.25) is 10.0 Å². The lowest BCUT2D eigenvalue weighted by molar-refractivity contribution is -0.123. The van der Waals surface area contributed by atoms with Crippen molar-refractivity contribution in [1.29, 1.82) is 0 Å². The van der Waals surface area contributed by atoms with Crippen molar-refractivity contribution < 1.29 is 19.1 Å². The lowest BCUT2D eigenvalue weighted by Crippen LogP contribution is -2.42. The number of ether oxygens (including phenoxy) is 1. The average molecular weight is 347 g/mol. The second kappa shape index (κ2) is 8.60. The maximum absolute atomic E-state index is 11.8. The molecule has 0 saturated heterocycles. The van der Waals surface area contributed by atoms with Crippen molar-refractivity contribution in [3.63, 3.8) is 0 Å². The Labute approximate surface area is 138 Å². The van der Waals surface area contributed by atoms with E-state index in [1.807, 2.05) is 19.2 Å². The first-order valence-corrected chi connectivity index (χ1v) is 7.25. The van der Waals surface area contributed by atoms with Gasteiger partial charge in [-0.05, 0) is 24.1 Å². The Bertz CT molecular complexity index is 576. The van der Waals surface area contributed by atoms with Crippen LogP contribution in [0.4, 0.5) is 4.79 Å². The summed E-state index contributed by atoms with van der Waals surface area (Å²) in [6.07, 6.45) is 0. The third-order valence-corrected chi connectivity index (χ3v) is 2.97. The number of carbonyl (C=O) groups is 3. The number of benzene rings is 1. The highest BCUT2D eigenvalue weighted by molar-refractivity contribution is 6.35. The molecule has 0 radical (unpaired) electrons. The third kappa shape index (κ3) is 6.32. The highest BCUT2D eigenvalue weighted by Gasteiger charge is 2.15. The van der Waals surface area contributed by atoms with Crippen LogP contribution in [0.1, 0.15) is 24.2 Å². The van der Waals surface area contributed by atoms with Crippen molar-refractivity contribution >= 4 is 41.1 Å². The molecule has 1 aromatic rings. The molecule has 8 heteroatoms. The molecule has 0 aliphatic carbocycles. The first-order valence-electron chi connectivity index (χ1n) is 6.49. The predicted octanol–water partition coefficient (Wildman–Crippen LogP) is 2.63. The maximum Gasteiger partial charge on any atom is 0.340 e. The van der Waals surface area contributed by atoms with E-state index in [1.165, 1.54) is 18.2 Å². The van der Waals surface area contributed by atoms with Crippen LogP contribution in [-0.4, -0.2) is 31.1 Å². The van der Waals surface area contributed by atoms with Gasteiger partial charge in [0.1, 0.15) is 0 Å². The standard InChI is InChI=1S/C14H16Cl2N2O4/c1-8(2)6-17-14(21)18-12(19)7-22-13(20)10-5-9(15)3-4-11(10)16/h3-5,8H,6-7H2,1-2H3,(H2,17,18,19,21). The molecule has 3 amide bonds. The fourth-order valence-corrected chi connectivity index (χ4v) is 1.73. The number of rotatable bonds is 5. The van der Waals surface area contributed by atoms with E-state index in [9.17, 15) is 14.4 Å². The molecule has 0 atom stereocenters. The Kier molecular flexibility index (Phi) is 7.14. The number of esters is 1. The van der Waals surface area contributed by atoms with Crippen LogP contribution in [0.3, 0.4) is 0 Å². The monoisotopic (exact) mass is 346 g/mol. The van der Waals surface area contributed by atoms with Crippen LogP contribution in [0, 0.1) is 5.92 Å². The molecule has 22 heavy (non-hydrogen) atoms. The van der Waals surface area contributed by atoms with Crippen molar-refractivity contribution in [1.82, 2.24) is 10.6 Å². The number of amides is 3. The van der Waals surface area contributed by atoms with Gasteiger partial charge in [-0.3, -0.25) is 10.1 Å². The minimum absolute atomic E-state index is 0.0474. The van der Waals surface area contributed by atoms with Crippen molar-refractivity contribution in [2.45, 2.75) is 13.8 Å². The normalized spacial score (nSPS) is 10.2. The van der Waals surface area contributed by atoms with Crippen LogP contribution < -0.4 is 10.6 Å². The molecule has 0 fully saturated rings. The molecule has 1 rings (SSSR count). The van der Waals surface area contributed by atoms with Gasteiger partial charge in [0.05, 0.1) is 10.6 Å². The first kappa shape index (κ1) is 18.3.